The summed E-state index contributed by atoms with van der Waals surface area (Å²) in [4.78, 5) is 15.4. The van der Waals surface area contributed by atoms with Crippen molar-refractivity contribution < 1.29 is 24.1 Å². The van der Waals surface area contributed by atoms with Crippen LogP contribution in [0, 0.1) is 5.92 Å². The molecule has 1 saturated carbocycles. The van der Waals surface area contributed by atoms with Crippen LogP contribution in [-0.2, 0) is 4.74 Å². The third-order valence-electron chi connectivity index (χ3n) is 3.89. The molecule has 0 saturated heterocycles. The first-order valence-corrected chi connectivity index (χ1v) is 9.10. The third kappa shape index (κ3) is 5.59. The van der Waals surface area contributed by atoms with Gasteiger partial charge in [0, 0.05) is 31.6 Å². The molecule has 1 heterocycles. The van der Waals surface area contributed by atoms with Gasteiger partial charge in [0.2, 0.25) is 0 Å². The van der Waals surface area contributed by atoms with E-state index in [0.29, 0.717) is 30.4 Å². The minimum Gasteiger partial charge on any atom is -0.493 e. The number of ether oxygens (including phenoxy) is 3. The molecule has 0 atom stereocenters. The van der Waals surface area contributed by atoms with Gasteiger partial charge in [-0.25, -0.2) is 9.78 Å². The van der Waals surface area contributed by atoms with Crippen molar-refractivity contribution in [3.8, 4) is 11.5 Å². The van der Waals surface area contributed by atoms with Crippen LogP contribution in [0.3, 0.4) is 0 Å². The largest absolute Gasteiger partial charge is 0.493 e. The zero-order chi connectivity index (χ0) is 18.9. The number of aromatic nitrogens is 1. The molecule has 0 amide bonds. The Morgan fingerprint density at radius 3 is 2.62 bits per heavy atom. The van der Waals surface area contributed by atoms with Crippen LogP contribution in [-0.4, -0.2) is 43.0 Å². The molecule has 0 radical (unpaired) electrons. The average Bonchev–Trinajstić information content (AvgIpc) is 3.49. The van der Waals surface area contributed by atoms with E-state index in [1.54, 1.807) is 13.2 Å². The molecule has 1 N–H and O–H groups in total. The first kappa shape index (κ1) is 20.0. The number of hydrogen-bond donors (Lipinski definition) is 1. The second-order valence-electron chi connectivity index (χ2n) is 5.94. The van der Waals surface area contributed by atoms with Gasteiger partial charge in [0.1, 0.15) is 11.5 Å². The minimum absolute atomic E-state index is 0.0316. The molecule has 142 valence electrons. The highest BCUT2D eigenvalue weighted by atomic mass is 16.5. The number of carbonyl (C=O) groups is 1. The molecule has 1 fully saturated rings. The summed E-state index contributed by atoms with van der Waals surface area (Å²) < 4.78 is 16.6. The highest BCUT2D eigenvalue weighted by molar-refractivity contribution is 5.93. The normalized spacial score (nSPS) is 13.0. The van der Waals surface area contributed by atoms with E-state index in [9.17, 15) is 9.90 Å². The molecule has 6 nitrogen and oxygen atoms in total. The molecule has 1 aromatic carbocycles. The molecule has 0 unspecified atom stereocenters. The SMILES string of the molecule is CC.COCCCOc1cc(C(=O)O)nc2ccc(OCC3CC3)cc12. The third-order valence-corrected chi connectivity index (χ3v) is 3.89. The molecule has 0 bridgehead atoms. The minimum atomic E-state index is -1.08. The molecule has 1 aliphatic carbocycles. The fraction of sp³-hybridized carbons (Fsp3) is 0.500. The second-order valence-corrected chi connectivity index (χ2v) is 5.94. The Bertz CT molecular complexity index is 727. The molecule has 3 rings (SSSR count). The highest BCUT2D eigenvalue weighted by Gasteiger charge is 2.22. The summed E-state index contributed by atoms with van der Waals surface area (Å²) in [5.74, 6) is 0.845. The summed E-state index contributed by atoms with van der Waals surface area (Å²) in [5.41, 5.74) is 0.548. The number of carboxylic acid groups (broad SMARTS) is 1. The second kappa shape index (κ2) is 9.97. The van der Waals surface area contributed by atoms with E-state index in [0.717, 1.165) is 24.2 Å². The maximum absolute atomic E-state index is 11.3. The Hall–Kier alpha value is -2.34. The Kier molecular flexibility index (Phi) is 7.66. The lowest BCUT2D eigenvalue weighted by atomic mass is 10.1. The summed E-state index contributed by atoms with van der Waals surface area (Å²) >= 11 is 0. The van der Waals surface area contributed by atoms with Crippen LogP contribution >= 0.6 is 0 Å². The molecular weight excluding hydrogens is 334 g/mol. The highest BCUT2D eigenvalue weighted by Crippen LogP contribution is 2.32. The number of nitrogens with zero attached hydrogens (tertiary/aromatic N) is 1. The molecular formula is C20H27NO5. The van der Waals surface area contributed by atoms with Crippen LogP contribution in [0.1, 0.15) is 43.6 Å². The Morgan fingerprint density at radius 2 is 1.96 bits per heavy atom. The van der Waals surface area contributed by atoms with Gasteiger partial charge < -0.3 is 19.3 Å². The lowest BCUT2D eigenvalue weighted by Gasteiger charge is -2.12. The topological polar surface area (TPSA) is 77.9 Å². The van der Waals surface area contributed by atoms with Crippen molar-refractivity contribution in [1.82, 2.24) is 4.98 Å². The van der Waals surface area contributed by atoms with Crippen LogP contribution in [0.15, 0.2) is 24.3 Å². The van der Waals surface area contributed by atoms with Crippen LogP contribution in [0.25, 0.3) is 10.9 Å². The number of aromatic carboxylic acids is 1. The summed E-state index contributed by atoms with van der Waals surface area (Å²) in [7, 11) is 1.63. The Balaban J connectivity index is 0.00000117. The zero-order valence-electron chi connectivity index (χ0n) is 15.7. The fourth-order valence-electron chi connectivity index (χ4n) is 2.38. The molecule has 1 aromatic heterocycles. The fourth-order valence-corrected chi connectivity index (χ4v) is 2.38. The van der Waals surface area contributed by atoms with E-state index in [-0.39, 0.29) is 5.69 Å². The summed E-state index contributed by atoms with van der Waals surface area (Å²) in [5, 5.41) is 9.98. The Morgan fingerprint density at radius 1 is 1.19 bits per heavy atom. The van der Waals surface area contributed by atoms with Gasteiger partial charge in [0.25, 0.3) is 0 Å². The Labute approximate surface area is 154 Å². The maximum Gasteiger partial charge on any atom is 0.354 e. The molecule has 0 aliphatic heterocycles. The van der Waals surface area contributed by atoms with Crippen LogP contribution in [0.4, 0.5) is 0 Å². The smallest absolute Gasteiger partial charge is 0.354 e. The predicted octanol–water partition coefficient (Wildman–Crippen LogP) is 4.16. The first-order chi connectivity index (χ1) is 12.7. The maximum atomic E-state index is 11.3. The van der Waals surface area contributed by atoms with Crippen molar-refractivity contribution in [3.05, 3.63) is 30.0 Å². The molecule has 6 heteroatoms. The lowest BCUT2D eigenvalue weighted by Crippen LogP contribution is -2.06. The lowest BCUT2D eigenvalue weighted by molar-refractivity contribution is 0.0690. The van der Waals surface area contributed by atoms with Gasteiger partial charge in [-0.3, -0.25) is 0 Å². The van der Waals surface area contributed by atoms with Gasteiger partial charge in [-0.15, -0.1) is 0 Å². The summed E-state index contributed by atoms with van der Waals surface area (Å²) in [6, 6.07) is 6.91. The van der Waals surface area contributed by atoms with Crippen molar-refractivity contribution in [3.63, 3.8) is 0 Å². The van der Waals surface area contributed by atoms with Gasteiger partial charge in [-0.1, -0.05) is 13.8 Å². The number of pyridine rings is 1. The van der Waals surface area contributed by atoms with E-state index in [2.05, 4.69) is 4.98 Å². The van der Waals surface area contributed by atoms with Gasteiger partial charge in [-0.05, 0) is 37.0 Å². The van der Waals surface area contributed by atoms with Crippen molar-refractivity contribution >= 4 is 16.9 Å². The van der Waals surface area contributed by atoms with Crippen molar-refractivity contribution in [2.75, 3.05) is 26.9 Å². The van der Waals surface area contributed by atoms with Crippen LogP contribution in [0.5, 0.6) is 11.5 Å². The van der Waals surface area contributed by atoms with E-state index < -0.39 is 5.97 Å². The summed E-state index contributed by atoms with van der Waals surface area (Å²) in [6.07, 6.45) is 3.18. The molecule has 2 aromatic rings. The van der Waals surface area contributed by atoms with E-state index in [1.165, 1.54) is 18.9 Å². The predicted molar refractivity (Wildman–Crippen MR) is 100 cm³/mol. The number of methoxy groups -OCH3 is 1. The van der Waals surface area contributed by atoms with E-state index in [4.69, 9.17) is 14.2 Å². The monoisotopic (exact) mass is 361 g/mol. The number of rotatable bonds is 9. The van der Waals surface area contributed by atoms with Gasteiger partial charge in [0.05, 0.1) is 18.7 Å². The quantitative estimate of drug-likeness (QED) is 0.676. The summed E-state index contributed by atoms with van der Waals surface area (Å²) in [6.45, 7) is 5.75. The van der Waals surface area contributed by atoms with E-state index in [1.807, 2.05) is 26.0 Å². The standard InChI is InChI=1S/C18H21NO5.C2H6/c1-22-7-2-8-23-17-10-16(18(20)21)19-15-6-5-13(9-14(15)17)24-11-12-3-4-12;1-2/h5-6,9-10,12H,2-4,7-8,11H2,1H3,(H,20,21);1-2H3. The molecule has 1 aliphatic rings. The van der Waals surface area contributed by atoms with Crippen molar-refractivity contribution in [2.45, 2.75) is 33.1 Å². The average molecular weight is 361 g/mol. The van der Waals surface area contributed by atoms with E-state index >= 15 is 0 Å². The van der Waals surface area contributed by atoms with Gasteiger partial charge >= 0.3 is 5.97 Å². The van der Waals surface area contributed by atoms with Gasteiger partial charge in [-0.2, -0.15) is 0 Å². The van der Waals surface area contributed by atoms with Crippen LogP contribution < -0.4 is 9.47 Å². The number of benzene rings is 1. The number of carboxylic acids is 1. The van der Waals surface area contributed by atoms with Gasteiger partial charge in [0.15, 0.2) is 5.69 Å². The van der Waals surface area contributed by atoms with Crippen LogP contribution in [0.2, 0.25) is 0 Å². The van der Waals surface area contributed by atoms with Crippen molar-refractivity contribution in [1.29, 1.82) is 0 Å². The number of fused-ring (bicyclic) bond motifs is 1. The molecule has 0 spiro atoms. The molecule has 26 heavy (non-hydrogen) atoms. The van der Waals surface area contributed by atoms with Crippen molar-refractivity contribution in [2.24, 2.45) is 5.92 Å². The number of hydrogen-bond acceptors (Lipinski definition) is 5. The zero-order valence-corrected chi connectivity index (χ0v) is 15.7. The first-order valence-electron chi connectivity index (χ1n) is 9.10.